The van der Waals surface area contributed by atoms with Crippen molar-refractivity contribution in [1.29, 1.82) is 0 Å². The summed E-state index contributed by atoms with van der Waals surface area (Å²) in [6, 6.07) is 2.04. The van der Waals surface area contributed by atoms with Crippen molar-refractivity contribution in [3.05, 3.63) is 28.3 Å². The second-order valence-corrected chi connectivity index (χ2v) is 7.40. The third-order valence-electron chi connectivity index (χ3n) is 4.18. The Morgan fingerprint density at radius 3 is 2.19 bits per heavy atom. The van der Waals surface area contributed by atoms with Gasteiger partial charge in [-0.1, -0.05) is 6.07 Å². The minimum atomic E-state index is -3.46. The standard InChI is InChI=1S/C15H24N2O2S.ClH/c1-10-8-11(2)13(4)15(12(10)3)20(18,19)17-14-6-5-7-16-9-14;/h8,14,16-17H,5-7,9H2,1-4H3;1H. The summed E-state index contributed by atoms with van der Waals surface area (Å²) >= 11 is 0. The molecule has 2 rings (SSSR count). The van der Waals surface area contributed by atoms with Crippen molar-refractivity contribution >= 4 is 22.4 Å². The molecule has 120 valence electrons. The highest BCUT2D eigenvalue weighted by atomic mass is 35.5. The van der Waals surface area contributed by atoms with Crippen LogP contribution in [0.25, 0.3) is 0 Å². The monoisotopic (exact) mass is 332 g/mol. The number of piperidine rings is 1. The average molecular weight is 333 g/mol. The Hall–Kier alpha value is -0.620. The first-order valence-corrected chi connectivity index (χ1v) is 8.61. The van der Waals surface area contributed by atoms with Crippen LogP contribution in [0.5, 0.6) is 0 Å². The minimum absolute atomic E-state index is 0. The van der Waals surface area contributed by atoms with E-state index in [4.69, 9.17) is 0 Å². The summed E-state index contributed by atoms with van der Waals surface area (Å²) < 4.78 is 28.3. The first-order valence-electron chi connectivity index (χ1n) is 7.13. The molecule has 1 aromatic rings. The smallest absolute Gasteiger partial charge is 0.241 e. The predicted molar refractivity (Wildman–Crippen MR) is 88.9 cm³/mol. The summed E-state index contributed by atoms with van der Waals surface area (Å²) in [6.45, 7) is 9.37. The molecule has 0 spiro atoms. The highest BCUT2D eigenvalue weighted by molar-refractivity contribution is 7.89. The van der Waals surface area contributed by atoms with E-state index in [1.807, 2.05) is 33.8 Å². The Bertz CT molecular complexity index is 582. The summed E-state index contributed by atoms with van der Waals surface area (Å²) in [7, 11) is -3.46. The van der Waals surface area contributed by atoms with E-state index in [0.29, 0.717) is 11.4 Å². The molecule has 0 saturated carbocycles. The van der Waals surface area contributed by atoms with Gasteiger partial charge in [0.2, 0.25) is 10.0 Å². The summed E-state index contributed by atoms with van der Waals surface area (Å²) in [5.41, 5.74) is 3.75. The lowest BCUT2D eigenvalue weighted by Crippen LogP contribution is -2.45. The highest BCUT2D eigenvalue weighted by Crippen LogP contribution is 2.26. The molecule has 0 aliphatic carbocycles. The van der Waals surface area contributed by atoms with Crippen molar-refractivity contribution in [1.82, 2.24) is 10.0 Å². The van der Waals surface area contributed by atoms with Crippen molar-refractivity contribution in [3.63, 3.8) is 0 Å². The third-order valence-corrected chi connectivity index (χ3v) is 5.98. The van der Waals surface area contributed by atoms with Crippen molar-refractivity contribution in [2.75, 3.05) is 13.1 Å². The lowest BCUT2D eigenvalue weighted by Gasteiger charge is -2.25. The van der Waals surface area contributed by atoms with Gasteiger partial charge in [-0.25, -0.2) is 13.1 Å². The molecule has 1 heterocycles. The first kappa shape index (κ1) is 18.4. The zero-order chi connectivity index (χ0) is 14.9. The predicted octanol–water partition coefficient (Wildman–Crippen LogP) is 2.37. The molecule has 0 amide bonds. The van der Waals surface area contributed by atoms with Crippen LogP contribution in [0.15, 0.2) is 11.0 Å². The Morgan fingerprint density at radius 2 is 1.71 bits per heavy atom. The van der Waals surface area contributed by atoms with E-state index in [-0.39, 0.29) is 18.4 Å². The molecular weight excluding hydrogens is 308 g/mol. The summed E-state index contributed by atoms with van der Waals surface area (Å²) in [5, 5.41) is 3.23. The van der Waals surface area contributed by atoms with Gasteiger partial charge in [-0.2, -0.15) is 0 Å². The van der Waals surface area contributed by atoms with Gasteiger partial charge in [0.1, 0.15) is 0 Å². The fraction of sp³-hybridized carbons (Fsp3) is 0.600. The molecule has 1 atom stereocenters. The van der Waals surface area contributed by atoms with Crippen LogP contribution < -0.4 is 10.0 Å². The van der Waals surface area contributed by atoms with Crippen LogP contribution in [0.1, 0.15) is 35.1 Å². The second kappa shape index (κ2) is 7.09. The van der Waals surface area contributed by atoms with Crippen LogP contribution in [0, 0.1) is 27.7 Å². The Balaban J connectivity index is 0.00000220. The molecule has 6 heteroatoms. The molecular formula is C15H25ClN2O2S. The Labute approximate surface area is 134 Å². The third kappa shape index (κ3) is 3.97. The topological polar surface area (TPSA) is 58.2 Å². The molecule has 1 aliphatic heterocycles. The van der Waals surface area contributed by atoms with E-state index < -0.39 is 10.0 Å². The van der Waals surface area contributed by atoms with Crippen LogP contribution in [0.4, 0.5) is 0 Å². The van der Waals surface area contributed by atoms with E-state index >= 15 is 0 Å². The summed E-state index contributed by atoms with van der Waals surface area (Å²) in [4.78, 5) is 0.459. The lowest BCUT2D eigenvalue weighted by atomic mass is 10.0. The van der Waals surface area contributed by atoms with E-state index in [9.17, 15) is 8.42 Å². The number of hydrogen-bond donors (Lipinski definition) is 2. The second-order valence-electron chi connectivity index (χ2n) is 5.75. The number of halogens is 1. The number of aryl methyl sites for hydroxylation is 2. The van der Waals surface area contributed by atoms with Gasteiger partial charge in [-0.15, -0.1) is 12.4 Å². The maximum atomic E-state index is 12.7. The zero-order valence-corrected chi connectivity index (χ0v) is 14.7. The quantitative estimate of drug-likeness (QED) is 0.893. The van der Waals surface area contributed by atoms with Gasteiger partial charge in [-0.05, 0) is 69.3 Å². The van der Waals surface area contributed by atoms with Crippen molar-refractivity contribution in [2.24, 2.45) is 0 Å². The van der Waals surface area contributed by atoms with Crippen LogP contribution in [0.3, 0.4) is 0 Å². The average Bonchev–Trinajstić information content (AvgIpc) is 2.37. The zero-order valence-electron chi connectivity index (χ0n) is 13.1. The number of rotatable bonds is 3. The normalized spacial score (nSPS) is 19.1. The largest absolute Gasteiger partial charge is 0.315 e. The minimum Gasteiger partial charge on any atom is -0.315 e. The van der Waals surface area contributed by atoms with Gasteiger partial charge in [-0.3, -0.25) is 0 Å². The van der Waals surface area contributed by atoms with Crippen LogP contribution in [-0.2, 0) is 10.0 Å². The fourth-order valence-corrected chi connectivity index (χ4v) is 4.70. The van der Waals surface area contributed by atoms with Crippen LogP contribution >= 0.6 is 12.4 Å². The van der Waals surface area contributed by atoms with Crippen molar-refractivity contribution < 1.29 is 8.42 Å². The molecule has 1 aromatic carbocycles. The molecule has 1 fully saturated rings. The maximum Gasteiger partial charge on any atom is 0.241 e. The van der Waals surface area contributed by atoms with E-state index in [0.717, 1.165) is 41.6 Å². The Kier molecular flexibility index (Phi) is 6.23. The number of sulfonamides is 1. The van der Waals surface area contributed by atoms with Gasteiger partial charge in [0.15, 0.2) is 0 Å². The van der Waals surface area contributed by atoms with Gasteiger partial charge in [0.25, 0.3) is 0 Å². The maximum absolute atomic E-state index is 12.7. The SMILES string of the molecule is Cc1cc(C)c(C)c(S(=O)(=O)NC2CCCNC2)c1C.Cl. The van der Waals surface area contributed by atoms with Gasteiger partial charge in [0, 0.05) is 12.6 Å². The fourth-order valence-electron chi connectivity index (χ4n) is 2.81. The van der Waals surface area contributed by atoms with Gasteiger partial charge in [0.05, 0.1) is 4.90 Å². The van der Waals surface area contributed by atoms with Crippen molar-refractivity contribution in [2.45, 2.75) is 51.5 Å². The van der Waals surface area contributed by atoms with Gasteiger partial charge >= 0.3 is 0 Å². The lowest BCUT2D eigenvalue weighted by molar-refractivity contribution is 0.428. The molecule has 1 aliphatic rings. The number of benzene rings is 1. The molecule has 1 unspecified atom stereocenters. The van der Waals surface area contributed by atoms with Crippen molar-refractivity contribution in [3.8, 4) is 0 Å². The molecule has 21 heavy (non-hydrogen) atoms. The summed E-state index contributed by atoms with van der Waals surface area (Å²) in [6.07, 6.45) is 1.91. The van der Waals surface area contributed by atoms with Crippen LogP contribution in [0.2, 0.25) is 0 Å². The molecule has 2 N–H and O–H groups in total. The van der Waals surface area contributed by atoms with E-state index in [2.05, 4.69) is 10.0 Å². The Morgan fingerprint density at radius 1 is 1.14 bits per heavy atom. The van der Waals surface area contributed by atoms with E-state index in [1.165, 1.54) is 0 Å². The molecule has 1 saturated heterocycles. The molecule has 0 radical (unpaired) electrons. The molecule has 0 aromatic heterocycles. The highest BCUT2D eigenvalue weighted by Gasteiger charge is 2.25. The van der Waals surface area contributed by atoms with Gasteiger partial charge < -0.3 is 5.32 Å². The summed E-state index contributed by atoms with van der Waals surface area (Å²) in [5.74, 6) is 0. The van der Waals surface area contributed by atoms with Crippen LogP contribution in [-0.4, -0.2) is 27.5 Å². The first-order chi connectivity index (χ1) is 9.33. The number of hydrogen-bond acceptors (Lipinski definition) is 3. The van der Waals surface area contributed by atoms with E-state index in [1.54, 1.807) is 0 Å². The number of nitrogens with one attached hydrogen (secondary N) is 2. The molecule has 4 nitrogen and oxygen atoms in total. The molecule has 0 bridgehead atoms.